The number of aromatic carboxylic acids is 1. The summed E-state index contributed by atoms with van der Waals surface area (Å²) in [6.07, 6.45) is 4.29. The Morgan fingerprint density at radius 1 is 1.06 bits per heavy atom. The largest absolute Gasteiger partial charge is 0.478 e. The van der Waals surface area contributed by atoms with E-state index in [1.54, 1.807) is 24.3 Å². The number of carboxylic acid groups (broad SMARTS) is 1. The van der Waals surface area contributed by atoms with Crippen LogP contribution in [0.3, 0.4) is 0 Å². The van der Waals surface area contributed by atoms with Gasteiger partial charge in [0.2, 0.25) is 0 Å². The molecular weight excluding hydrogens is 232 g/mol. The molecule has 0 amide bonds. The normalized spacial score (nSPS) is 10.7. The summed E-state index contributed by atoms with van der Waals surface area (Å²) >= 11 is 0. The van der Waals surface area contributed by atoms with E-state index >= 15 is 0 Å². The first kappa shape index (κ1) is 11.9. The third-order valence-corrected chi connectivity index (χ3v) is 2.37. The maximum absolute atomic E-state index is 11.9. The number of ketones is 1. The topological polar surface area (TPSA) is 67.5 Å². The first-order valence-corrected chi connectivity index (χ1v) is 5.27. The van der Waals surface area contributed by atoms with Crippen LogP contribution in [0.2, 0.25) is 0 Å². The van der Waals surface area contributed by atoms with E-state index in [1.807, 2.05) is 0 Å². The van der Waals surface area contributed by atoms with E-state index in [9.17, 15) is 9.59 Å². The van der Waals surface area contributed by atoms with Crippen molar-refractivity contribution in [2.75, 3.05) is 0 Å². The number of carbonyl (C=O) groups is 2. The SMILES string of the molecule is O=C(O)c1ccccc1C(=O)/C=C/c1ccco1. The Morgan fingerprint density at radius 3 is 2.39 bits per heavy atom. The molecule has 1 aromatic carbocycles. The Kier molecular flexibility index (Phi) is 3.38. The summed E-state index contributed by atoms with van der Waals surface area (Å²) in [6.45, 7) is 0. The van der Waals surface area contributed by atoms with Gasteiger partial charge in [-0.3, -0.25) is 4.79 Å². The van der Waals surface area contributed by atoms with Gasteiger partial charge in [0.25, 0.3) is 0 Å². The van der Waals surface area contributed by atoms with E-state index in [0.29, 0.717) is 5.76 Å². The second-order valence-corrected chi connectivity index (χ2v) is 3.56. The molecule has 0 atom stereocenters. The molecule has 1 aromatic heterocycles. The molecule has 0 spiro atoms. The molecule has 0 bridgehead atoms. The van der Waals surface area contributed by atoms with Gasteiger partial charge in [-0.2, -0.15) is 0 Å². The summed E-state index contributed by atoms with van der Waals surface area (Å²) in [5.74, 6) is -0.953. The standard InChI is InChI=1S/C14H10O4/c15-13(8-7-10-4-3-9-18-10)11-5-1-2-6-12(11)14(16)17/h1-9H,(H,16,17)/b8-7+. The molecule has 0 fully saturated rings. The van der Waals surface area contributed by atoms with E-state index < -0.39 is 5.97 Å². The van der Waals surface area contributed by atoms with Crippen LogP contribution in [0.1, 0.15) is 26.5 Å². The quantitative estimate of drug-likeness (QED) is 0.661. The van der Waals surface area contributed by atoms with Gasteiger partial charge >= 0.3 is 5.97 Å². The second-order valence-electron chi connectivity index (χ2n) is 3.56. The molecule has 0 radical (unpaired) electrons. The van der Waals surface area contributed by atoms with Crippen LogP contribution in [-0.4, -0.2) is 16.9 Å². The van der Waals surface area contributed by atoms with Gasteiger partial charge in [0.15, 0.2) is 5.78 Å². The van der Waals surface area contributed by atoms with Crippen LogP contribution in [0.5, 0.6) is 0 Å². The van der Waals surface area contributed by atoms with E-state index in [0.717, 1.165) is 0 Å². The van der Waals surface area contributed by atoms with Crippen LogP contribution in [0, 0.1) is 0 Å². The molecule has 0 saturated carbocycles. The van der Waals surface area contributed by atoms with Gasteiger partial charge < -0.3 is 9.52 Å². The Labute approximate surface area is 103 Å². The van der Waals surface area contributed by atoms with Crippen LogP contribution in [-0.2, 0) is 0 Å². The first-order valence-electron chi connectivity index (χ1n) is 5.27. The minimum atomic E-state index is -1.12. The molecule has 0 aliphatic carbocycles. The monoisotopic (exact) mass is 242 g/mol. The Morgan fingerprint density at radius 2 is 1.78 bits per heavy atom. The molecule has 90 valence electrons. The number of carbonyl (C=O) groups excluding carboxylic acids is 1. The molecule has 0 unspecified atom stereocenters. The maximum Gasteiger partial charge on any atom is 0.336 e. The summed E-state index contributed by atoms with van der Waals surface area (Å²) in [6, 6.07) is 9.49. The lowest BCUT2D eigenvalue weighted by Gasteiger charge is -2.00. The van der Waals surface area contributed by atoms with Crippen molar-refractivity contribution in [1.29, 1.82) is 0 Å². The van der Waals surface area contributed by atoms with Crippen molar-refractivity contribution < 1.29 is 19.1 Å². The van der Waals surface area contributed by atoms with Crippen molar-refractivity contribution in [3.63, 3.8) is 0 Å². The number of benzene rings is 1. The molecule has 4 nitrogen and oxygen atoms in total. The van der Waals surface area contributed by atoms with Crippen LogP contribution < -0.4 is 0 Å². The smallest absolute Gasteiger partial charge is 0.336 e. The van der Waals surface area contributed by atoms with Crippen molar-refractivity contribution in [1.82, 2.24) is 0 Å². The fourth-order valence-electron chi connectivity index (χ4n) is 1.52. The molecule has 2 rings (SSSR count). The molecule has 0 aliphatic heterocycles. The Hall–Kier alpha value is -2.62. The molecule has 1 N–H and O–H groups in total. The number of allylic oxidation sites excluding steroid dienone is 1. The highest BCUT2D eigenvalue weighted by molar-refractivity contribution is 6.12. The molecule has 0 aliphatic rings. The predicted molar refractivity (Wildman–Crippen MR) is 65.5 cm³/mol. The van der Waals surface area contributed by atoms with E-state index in [-0.39, 0.29) is 16.9 Å². The van der Waals surface area contributed by atoms with Crippen LogP contribution in [0.25, 0.3) is 6.08 Å². The molecule has 1 heterocycles. The van der Waals surface area contributed by atoms with Crippen LogP contribution in [0.15, 0.2) is 53.2 Å². The third-order valence-electron chi connectivity index (χ3n) is 2.37. The number of rotatable bonds is 4. The van der Waals surface area contributed by atoms with E-state index in [2.05, 4.69) is 0 Å². The number of hydrogen-bond acceptors (Lipinski definition) is 3. The summed E-state index contributed by atoms with van der Waals surface area (Å²) in [5.41, 5.74) is 0.152. The summed E-state index contributed by atoms with van der Waals surface area (Å²) in [5, 5.41) is 8.97. The van der Waals surface area contributed by atoms with Crippen LogP contribution in [0.4, 0.5) is 0 Å². The van der Waals surface area contributed by atoms with Crippen LogP contribution >= 0.6 is 0 Å². The molecule has 4 heteroatoms. The van der Waals surface area contributed by atoms with Gasteiger partial charge in [-0.15, -0.1) is 0 Å². The minimum absolute atomic E-state index is 0.00778. The Balaban J connectivity index is 2.27. The lowest BCUT2D eigenvalue weighted by molar-refractivity contribution is 0.0693. The van der Waals surface area contributed by atoms with Crippen molar-refractivity contribution in [3.05, 3.63) is 65.6 Å². The fraction of sp³-hybridized carbons (Fsp3) is 0. The van der Waals surface area contributed by atoms with Crippen molar-refractivity contribution >= 4 is 17.8 Å². The maximum atomic E-state index is 11.9. The van der Waals surface area contributed by atoms with Gasteiger partial charge in [-0.1, -0.05) is 18.2 Å². The predicted octanol–water partition coefficient (Wildman–Crippen LogP) is 2.87. The zero-order valence-electron chi connectivity index (χ0n) is 9.37. The summed E-state index contributed by atoms with van der Waals surface area (Å²) in [7, 11) is 0. The lowest BCUT2D eigenvalue weighted by Crippen LogP contribution is -2.06. The van der Waals surface area contributed by atoms with Crippen molar-refractivity contribution in [3.8, 4) is 0 Å². The molecule has 0 saturated heterocycles. The minimum Gasteiger partial charge on any atom is -0.478 e. The van der Waals surface area contributed by atoms with Crippen molar-refractivity contribution in [2.24, 2.45) is 0 Å². The second kappa shape index (κ2) is 5.14. The first-order chi connectivity index (χ1) is 8.68. The Bertz CT molecular complexity index is 594. The fourth-order valence-corrected chi connectivity index (χ4v) is 1.52. The highest BCUT2D eigenvalue weighted by atomic mass is 16.4. The highest BCUT2D eigenvalue weighted by Crippen LogP contribution is 2.11. The zero-order valence-corrected chi connectivity index (χ0v) is 9.37. The van der Waals surface area contributed by atoms with Gasteiger partial charge in [0, 0.05) is 5.56 Å². The number of hydrogen-bond donors (Lipinski definition) is 1. The van der Waals surface area contributed by atoms with Gasteiger partial charge in [-0.25, -0.2) is 4.79 Å². The van der Waals surface area contributed by atoms with Crippen molar-refractivity contribution in [2.45, 2.75) is 0 Å². The average Bonchev–Trinajstić information content (AvgIpc) is 2.89. The molecule has 2 aromatic rings. The van der Waals surface area contributed by atoms with Gasteiger partial charge in [0.05, 0.1) is 11.8 Å². The molecular formula is C14H10O4. The lowest BCUT2D eigenvalue weighted by atomic mass is 10.0. The van der Waals surface area contributed by atoms with E-state index in [1.165, 1.54) is 30.5 Å². The zero-order chi connectivity index (χ0) is 13.0. The summed E-state index contributed by atoms with van der Waals surface area (Å²) in [4.78, 5) is 22.8. The highest BCUT2D eigenvalue weighted by Gasteiger charge is 2.13. The van der Waals surface area contributed by atoms with E-state index in [4.69, 9.17) is 9.52 Å². The van der Waals surface area contributed by atoms with Gasteiger partial charge in [0.1, 0.15) is 5.76 Å². The summed E-state index contributed by atoms with van der Waals surface area (Å²) < 4.78 is 5.04. The average molecular weight is 242 g/mol. The van der Waals surface area contributed by atoms with Gasteiger partial charge in [-0.05, 0) is 30.4 Å². The number of furan rings is 1. The third kappa shape index (κ3) is 2.55. The number of carboxylic acids is 1. The molecule has 18 heavy (non-hydrogen) atoms.